The van der Waals surface area contributed by atoms with Gasteiger partial charge in [-0.1, -0.05) is 6.07 Å². The lowest BCUT2D eigenvalue weighted by Gasteiger charge is -2.47. The summed E-state index contributed by atoms with van der Waals surface area (Å²) in [6.45, 7) is 4.74. The first-order chi connectivity index (χ1) is 15.5. The fourth-order valence-corrected chi connectivity index (χ4v) is 4.84. The fourth-order valence-electron chi connectivity index (χ4n) is 4.84. The second kappa shape index (κ2) is 8.51. The number of cyclic esters (lactones) is 1. The van der Waals surface area contributed by atoms with Crippen LogP contribution < -0.4 is 4.90 Å². The van der Waals surface area contributed by atoms with E-state index >= 15 is 0 Å². The minimum absolute atomic E-state index is 0.208. The Labute approximate surface area is 187 Å². The highest BCUT2D eigenvalue weighted by molar-refractivity contribution is 5.93. The molecule has 5 rings (SSSR count). The summed E-state index contributed by atoms with van der Waals surface area (Å²) in [5.74, 6) is 0.587. The van der Waals surface area contributed by atoms with E-state index in [9.17, 15) is 9.90 Å². The van der Waals surface area contributed by atoms with Crippen LogP contribution >= 0.6 is 0 Å². The number of aromatic nitrogens is 1. The molecule has 4 heterocycles. The van der Waals surface area contributed by atoms with Gasteiger partial charge in [-0.05, 0) is 42.7 Å². The number of hydrogen-bond donors (Lipinski definition) is 1. The quantitative estimate of drug-likeness (QED) is 0.730. The molecule has 2 fully saturated rings. The van der Waals surface area contributed by atoms with Gasteiger partial charge in [0.2, 0.25) is 0 Å². The number of carbonyl (C=O) groups is 1. The predicted molar refractivity (Wildman–Crippen MR) is 116 cm³/mol. The van der Waals surface area contributed by atoms with Crippen molar-refractivity contribution in [2.45, 2.75) is 31.2 Å². The topological polar surface area (TPSA) is 98.9 Å². The number of esters is 1. The van der Waals surface area contributed by atoms with E-state index in [2.05, 4.69) is 20.9 Å². The number of likely N-dealkylation sites (tertiary alicyclic amines) is 1. The number of benzene rings is 1. The van der Waals surface area contributed by atoms with Crippen molar-refractivity contribution < 1.29 is 19.4 Å². The van der Waals surface area contributed by atoms with E-state index in [0.29, 0.717) is 24.3 Å². The Morgan fingerprint density at radius 2 is 2.06 bits per heavy atom. The van der Waals surface area contributed by atoms with Crippen LogP contribution in [0.1, 0.15) is 46.0 Å². The molecule has 1 N–H and O–H groups in total. The van der Waals surface area contributed by atoms with Gasteiger partial charge in [0, 0.05) is 44.5 Å². The molecule has 1 unspecified atom stereocenters. The van der Waals surface area contributed by atoms with Crippen molar-refractivity contribution in [1.82, 2.24) is 9.88 Å². The van der Waals surface area contributed by atoms with E-state index in [1.807, 2.05) is 18.2 Å². The van der Waals surface area contributed by atoms with Crippen LogP contribution in [0.3, 0.4) is 0 Å². The summed E-state index contributed by atoms with van der Waals surface area (Å²) in [6.07, 6.45) is 2.78. The Bertz CT molecular complexity index is 1040. The van der Waals surface area contributed by atoms with E-state index in [0.717, 1.165) is 56.0 Å². The maximum atomic E-state index is 11.6. The zero-order valence-corrected chi connectivity index (χ0v) is 17.9. The average Bonchev–Trinajstić information content (AvgIpc) is 3.21. The number of pyridine rings is 1. The van der Waals surface area contributed by atoms with Gasteiger partial charge in [0.15, 0.2) is 0 Å². The number of hydrogen-bond acceptors (Lipinski definition) is 8. The molecule has 1 atom stereocenters. The van der Waals surface area contributed by atoms with E-state index < -0.39 is 6.10 Å². The zero-order chi connectivity index (χ0) is 22.1. The Morgan fingerprint density at radius 1 is 1.22 bits per heavy atom. The third-order valence-electron chi connectivity index (χ3n) is 6.74. The molecule has 0 saturated carbocycles. The van der Waals surface area contributed by atoms with E-state index in [-0.39, 0.29) is 18.2 Å². The number of ether oxygens (including phenoxy) is 2. The van der Waals surface area contributed by atoms with Crippen molar-refractivity contribution in [3.63, 3.8) is 0 Å². The van der Waals surface area contributed by atoms with Crippen molar-refractivity contribution in [2.75, 3.05) is 44.2 Å². The number of β-amino-alcohol motifs (C(OH)–C–C–N with tert-alkyl or cyclic N) is 1. The third kappa shape index (κ3) is 4.07. The highest BCUT2D eigenvalue weighted by Crippen LogP contribution is 2.33. The Balaban J connectivity index is 1.18. The molecule has 3 aliphatic heterocycles. The lowest BCUT2D eigenvalue weighted by molar-refractivity contribution is -0.0944. The molecule has 1 spiro atoms. The van der Waals surface area contributed by atoms with Crippen LogP contribution in [0.25, 0.3) is 0 Å². The number of anilines is 1. The van der Waals surface area contributed by atoms with Crippen LogP contribution in [0.15, 0.2) is 36.5 Å². The lowest BCUT2D eigenvalue weighted by Crippen LogP contribution is -2.57. The number of nitrogens with zero attached hydrogens (tertiary/aromatic N) is 4. The van der Waals surface area contributed by atoms with Gasteiger partial charge in [0.1, 0.15) is 18.5 Å². The molecule has 0 radical (unpaired) electrons. The van der Waals surface area contributed by atoms with Gasteiger partial charge in [-0.25, -0.2) is 9.78 Å². The van der Waals surface area contributed by atoms with Crippen LogP contribution in [0, 0.1) is 11.3 Å². The lowest BCUT2D eigenvalue weighted by atomic mass is 9.89. The van der Waals surface area contributed by atoms with Crippen LogP contribution in [0.4, 0.5) is 5.82 Å². The number of aliphatic hydroxyl groups excluding tert-OH is 1. The van der Waals surface area contributed by atoms with Crippen molar-refractivity contribution in [2.24, 2.45) is 0 Å². The molecule has 2 saturated heterocycles. The Hall–Kier alpha value is -2.99. The van der Waals surface area contributed by atoms with Crippen LogP contribution in [-0.2, 0) is 16.1 Å². The van der Waals surface area contributed by atoms with E-state index in [4.69, 9.17) is 14.7 Å². The van der Waals surface area contributed by atoms with Crippen molar-refractivity contribution >= 4 is 11.8 Å². The minimum Gasteiger partial charge on any atom is -0.457 e. The summed E-state index contributed by atoms with van der Waals surface area (Å²) >= 11 is 0. The Kier molecular flexibility index (Phi) is 5.55. The average molecular weight is 434 g/mol. The number of fused-ring (bicyclic) bond motifs is 1. The number of aliphatic hydroxyl groups is 1. The number of piperidine rings is 1. The van der Waals surface area contributed by atoms with Crippen LogP contribution in [0.2, 0.25) is 0 Å². The van der Waals surface area contributed by atoms with E-state index in [1.54, 1.807) is 18.3 Å². The molecule has 8 nitrogen and oxygen atoms in total. The molecule has 32 heavy (non-hydrogen) atoms. The maximum Gasteiger partial charge on any atom is 0.338 e. The molecule has 0 amide bonds. The number of rotatable bonds is 4. The second-order valence-corrected chi connectivity index (χ2v) is 8.78. The number of nitriles is 1. The van der Waals surface area contributed by atoms with Gasteiger partial charge in [-0.15, -0.1) is 0 Å². The standard InChI is InChI=1S/C24H26N4O4/c25-12-17-1-4-22(26-13-17)28-9-10-32-24(16-28)5-7-27(8-6-24)14-21(29)18-2-3-20-19(11-18)15-31-23(20)30/h1-4,11,13,21,29H,5-10,14-16H2. The smallest absolute Gasteiger partial charge is 0.338 e. The molecule has 0 bridgehead atoms. The summed E-state index contributed by atoms with van der Waals surface area (Å²) < 4.78 is 11.3. The summed E-state index contributed by atoms with van der Waals surface area (Å²) in [5.41, 5.74) is 2.61. The monoisotopic (exact) mass is 434 g/mol. The van der Waals surface area contributed by atoms with Crippen LogP contribution in [-0.4, -0.2) is 65.9 Å². The van der Waals surface area contributed by atoms with Crippen molar-refractivity contribution in [1.29, 1.82) is 5.26 Å². The molecule has 1 aromatic carbocycles. The van der Waals surface area contributed by atoms with Crippen LogP contribution in [0.5, 0.6) is 0 Å². The molecule has 2 aromatic rings. The predicted octanol–water partition coefficient (Wildman–Crippen LogP) is 2.03. The van der Waals surface area contributed by atoms with Crippen molar-refractivity contribution in [3.05, 3.63) is 58.8 Å². The Morgan fingerprint density at radius 3 is 2.81 bits per heavy atom. The molecular weight excluding hydrogens is 408 g/mol. The van der Waals surface area contributed by atoms with Crippen molar-refractivity contribution in [3.8, 4) is 6.07 Å². The first-order valence-electron chi connectivity index (χ1n) is 11.0. The molecule has 8 heteroatoms. The van der Waals surface area contributed by atoms with E-state index in [1.165, 1.54) is 0 Å². The number of carbonyl (C=O) groups excluding carboxylic acids is 1. The summed E-state index contributed by atoms with van der Waals surface area (Å²) in [7, 11) is 0. The minimum atomic E-state index is -0.614. The second-order valence-electron chi connectivity index (χ2n) is 8.78. The highest BCUT2D eigenvalue weighted by Gasteiger charge is 2.40. The molecule has 1 aromatic heterocycles. The van der Waals surface area contributed by atoms with Gasteiger partial charge >= 0.3 is 5.97 Å². The summed E-state index contributed by atoms with van der Waals surface area (Å²) in [4.78, 5) is 20.6. The molecule has 166 valence electrons. The SMILES string of the molecule is N#Cc1ccc(N2CCOC3(CCN(CC(O)c4ccc5c(c4)COC5=O)CC3)C2)nc1. The largest absolute Gasteiger partial charge is 0.457 e. The van der Waals surface area contributed by atoms with Gasteiger partial charge in [0.25, 0.3) is 0 Å². The maximum absolute atomic E-state index is 11.6. The third-order valence-corrected chi connectivity index (χ3v) is 6.74. The normalized spacial score (nSPS) is 21.1. The zero-order valence-electron chi connectivity index (χ0n) is 17.9. The summed E-state index contributed by atoms with van der Waals surface area (Å²) in [6, 6.07) is 11.2. The van der Waals surface area contributed by atoms with Gasteiger partial charge in [0.05, 0.1) is 29.4 Å². The fraction of sp³-hybridized carbons (Fsp3) is 0.458. The number of morpholine rings is 1. The molecule has 0 aliphatic carbocycles. The highest BCUT2D eigenvalue weighted by atomic mass is 16.5. The van der Waals surface area contributed by atoms with Gasteiger partial charge in [-0.2, -0.15) is 5.26 Å². The molecular formula is C24H26N4O4. The summed E-state index contributed by atoms with van der Waals surface area (Å²) in [5, 5.41) is 19.8. The first kappa shape index (κ1) is 20.9. The van der Waals surface area contributed by atoms with Gasteiger partial charge in [-0.3, -0.25) is 0 Å². The molecule has 3 aliphatic rings. The first-order valence-corrected chi connectivity index (χ1v) is 11.0. The van der Waals surface area contributed by atoms with Gasteiger partial charge < -0.3 is 24.4 Å².